The van der Waals surface area contributed by atoms with Crippen LogP contribution in [0.15, 0.2) is 30.3 Å². The van der Waals surface area contributed by atoms with Gasteiger partial charge in [0, 0.05) is 5.39 Å². The largest absolute Gasteiger partial charge is 0.507 e. The molecule has 0 unspecified atom stereocenters. The third kappa shape index (κ3) is 0.632. The highest BCUT2D eigenvalue weighted by Gasteiger charge is 2.19. The summed E-state index contributed by atoms with van der Waals surface area (Å²) in [6, 6.07) is 9.79. The van der Waals surface area contributed by atoms with Crippen LogP contribution in [0.25, 0.3) is 10.8 Å². The molecule has 0 saturated heterocycles. The minimum atomic E-state index is 0.391. The Morgan fingerprint density at radius 3 is 2.83 bits per heavy atom. The zero-order valence-electron chi connectivity index (χ0n) is 6.54. The van der Waals surface area contributed by atoms with E-state index in [-0.39, 0.29) is 0 Å². The van der Waals surface area contributed by atoms with Crippen molar-refractivity contribution in [3.8, 4) is 5.75 Å². The van der Waals surface area contributed by atoms with Crippen LogP contribution in [0.4, 0.5) is 0 Å². The molecule has 1 aliphatic carbocycles. The first-order valence-corrected chi connectivity index (χ1v) is 4.09. The third-order valence-corrected chi connectivity index (χ3v) is 2.49. The van der Waals surface area contributed by atoms with Crippen LogP contribution in [0.2, 0.25) is 0 Å². The SMILES string of the molecule is Oc1cccc2c3c(ccc12)C3. The van der Waals surface area contributed by atoms with Crippen LogP contribution in [0.5, 0.6) is 5.75 Å². The summed E-state index contributed by atoms with van der Waals surface area (Å²) in [5.41, 5.74) is 2.83. The molecule has 12 heavy (non-hydrogen) atoms. The van der Waals surface area contributed by atoms with Gasteiger partial charge in [-0.15, -0.1) is 0 Å². The topological polar surface area (TPSA) is 20.2 Å². The molecule has 1 nitrogen and oxygen atoms in total. The Morgan fingerprint density at radius 1 is 1.00 bits per heavy atom. The fourth-order valence-electron chi connectivity index (χ4n) is 1.75. The number of phenols is 1. The van der Waals surface area contributed by atoms with Crippen LogP contribution in [0.1, 0.15) is 11.1 Å². The summed E-state index contributed by atoms with van der Waals surface area (Å²) in [7, 11) is 0. The Labute approximate surface area is 70.3 Å². The van der Waals surface area contributed by atoms with E-state index in [1.165, 1.54) is 16.5 Å². The van der Waals surface area contributed by atoms with Gasteiger partial charge in [0.05, 0.1) is 0 Å². The van der Waals surface area contributed by atoms with E-state index >= 15 is 0 Å². The van der Waals surface area contributed by atoms with Crippen LogP contribution >= 0.6 is 0 Å². The van der Waals surface area contributed by atoms with E-state index in [1.807, 2.05) is 12.1 Å². The Kier molecular flexibility index (Phi) is 0.912. The Hall–Kier alpha value is -1.50. The molecule has 0 spiro atoms. The molecule has 0 amide bonds. The van der Waals surface area contributed by atoms with Crippen LogP contribution < -0.4 is 0 Å². The molecule has 0 bridgehead atoms. The highest BCUT2D eigenvalue weighted by atomic mass is 16.3. The maximum absolute atomic E-state index is 9.52. The minimum absolute atomic E-state index is 0.391. The molecular weight excluding hydrogens is 148 g/mol. The van der Waals surface area contributed by atoms with Crippen LogP contribution in [-0.2, 0) is 6.42 Å². The molecule has 0 heterocycles. The zero-order valence-corrected chi connectivity index (χ0v) is 6.54. The van der Waals surface area contributed by atoms with E-state index in [9.17, 15) is 5.11 Å². The molecule has 0 aliphatic heterocycles. The number of fused-ring (bicyclic) bond motifs is 3. The van der Waals surface area contributed by atoms with Crippen molar-refractivity contribution in [1.29, 1.82) is 0 Å². The standard InChI is InChI=1S/C11H8O/c12-11-3-1-2-8-9(11)5-4-7-6-10(7)8/h1-5,12H,6H2. The molecule has 1 aliphatic rings. The van der Waals surface area contributed by atoms with E-state index < -0.39 is 0 Å². The van der Waals surface area contributed by atoms with Gasteiger partial charge in [-0.3, -0.25) is 0 Å². The smallest absolute Gasteiger partial charge is 0.123 e. The van der Waals surface area contributed by atoms with Crippen molar-refractivity contribution < 1.29 is 5.11 Å². The molecule has 58 valence electrons. The highest BCUT2D eigenvalue weighted by molar-refractivity contribution is 5.94. The van der Waals surface area contributed by atoms with Gasteiger partial charge in [0.15, 0.2) is 0 Å². The lowest BCUT2D eigenvalue weighted by atomic mass is 10.1. The van der Waals surface area contributed by atoms with Gasteiger partial charge in [-0.25, -0.2) is 0 Å². The highest BCUT2D eigenvalue weighted by Crippen LogP contribution is 2.37. The van der Waals surface area contributed by atoms with Gasteiger partial charge in [0.1, 0.15) is 5.75 Å². The number of phenolic OH excluding ortho intramolecular Hbond substituents is 1. The summed E-state index contributed by atoms with van der Waals surface area (Å²) in [5.74, 6) is 0.391. The van der Waals surface area contributed by atoms with Crippen molar-refractivity contribution in [2.75, 3.05) is 0 Å². The van der Waals surface area contributed by atoms with Gasteiger partial charge in [-0.1, -0.05) is 24.3 Å². The lowest BCUT2D eigenvalue weighted by molar-refractivity contribution is 0.481. The summed E-state index contributed by atoms with van der Waals surface area (Å²) in [4.78, 5) is 0. The maximum atomic E-state index is 9.52. The van der Waals surface area contributed by atoms with E-state index in [1.54, 1.807) is 6.07 Å². The molecular formula is C11H8O. The molecule has 2 aromatic rings. The van der Waals surface area contributed by atoms with Crippen molar-refractivity contribution >= 4 is 10.8 Å². The van der Waals surface area contributed by atoms with Gasteiger partial charge in [-0.05, 0) is 29.0 Å². The average molecular weight is 156 g/mol. The molecule has 0 atom stereocenters. The van der Waals surface area contributed by atoms with Gasteiger partial charge < -0.3 is 5.11 Å². The lowest BCUT2D eigenvalue weighted by Gasteiger charge is -1.97. The monoisotopic (exact) mass is 156 g/mol. The number of rotatable bonds is 0. The van der Waals surface area contributed by atoms with E-state index in [0.717, 1.165) is 11.8 Å². The van der Waals surface area contributed by atoms with E-state index in [0.29, 0.717) is 5.75 Å². The Morgan fingerprint density at radius 2 is 1.92 bits per heavy atom. The van der Waals surface area contributed by atoms with Gasteiger partial charge in [0.2, 0.25) is 0 Å². The van der Waals surface area contributed by atoms with Crippen molar-refractivity contribution in [2.45, 2.75) is 6.42 Å². The van der Waals surface area contributed by atoms with Gasteiger partial charge in [0.25, 0.3) is 0 Å². The molecule has 0 fully saturated rings. The van der Waals surface area contributed by atoms with Crippen molar-refractivity contribution in [2.24, 2.45) is 0 Å². The summed E-state index contributed by atoms with van der Waals surface area (Å²) in [5, 5.41) is 11.7. The van der Waals surface area contributed by atoms with Crippen molar-refractivity contribution in [3.63, 3.8) is 0 Å². The quantitative estimate of drug-likeness (QED) is 0.530. The molecule has 1 heteroatoms. The first-order chi connectivity index (χ1) is 5.86. The summed E-state index contributed by atoms with van der Waals surface area (Å²) >= 11 is 0. The first kappa shape index (κ1) is 6.06. The predicted octanol–water partition coefficient (Wildman–Crippen LogP) is 2.45. The molecule has 2 aromatic carbocycles. The molecule has 0 aromatic heterocycles. The fraction of sp³-hybridized carbons (Fsp3) is 0.0909. The Balaban J connectivity index is 2.55. The second kappa shape index (κ2) is 1.81. The predicted molar refractivity (Wildman–Crippen MR) is 48.4 cm³/mol. The molecule has 1 N–H and O–H groups in total. The summed E-state index contributed by atoms with van der Waals surface area (Å²) in [6.45, 7) is 0. The zero-order chi connectivity index (χ0) is 8.13. The van der Waals surface area contributed by atoms with E-state index in [2.05, 4.69) is 12.1 Å². The molecule has 3 rings (SSSR count). The second-order valence-corrected chi connectivity index (χ2v) is 3.25. The van der Waals surface area contributed by atoms with Crippen LogP contribution in [-0.4, -0.2) is 5.11 Å². The molecule has 0 radical (unpaired) electrons. The lowest BCUT2D eigenvalue weighted by Crippen LogP contribution is -1.71. The van der Waals surface area contributed by atoms with Crippen molar-refractivity contribution in [1.82, 2.24) is 0 Å². The first-order valence-electron chi connectivity index (χ1n) is 4.09. The molecule has 0 saturated carbocycles. The Bertz CT molecular complexity index is 466. The average Bonchev–Trinajstić information content (AvgIpc) is 2.83. The number of hydrogen-bond donors (Lipinski definition) is 1. The number of benzene rings is 2. The van der Waals surface area contributed by atoms with Gasteiger partial charge in [-0.2, -0.15) is 0 Å². The normalized spacial score (nSPS) is 13.0. The minimum Gasteiger partial charge on any atom is -0.507 e. The third-order valence-electron chi connectivity index (χ3n) is 2.49. The maximum Gasteiger partial charge on any atom is 0.123 e. The van der Waals surface area contributed by atoms with Crippen LogP contribution in [0.3, 0.4) is 0 Å². The number of aromatic hydroxyl groups is 1. The number of hydrogen-bond acceptors (Lipinski definition) is 1. The van der Waals surface area contributed by atoms with E-state index in [4.69, 9.17) is 0 Å². The second-order valence-electron chi connectivity index (χ2n) is 3.25. The fourth-order valence-corrected chi connectivity index (χ4v) is 1.75. The summed E-state index contributed by atoms with van der Waals surface area (Å²) < 4.78 is 0. The summed E-state index contributed by atoms with van der Waals surface area (Å²) in [6.07, 6.45) is 1.10. The van der Waals surface area contributed by atoms with Gasteiger partial charge >= 0.3 is 0 Å². The van der Waals surface area contributed by atoms with Crippen LogP contribution in [0, 0.1) is 0 Å². The van der Waals surface area contributed by atoms with Crippen molar-refractivity contribution in [3.05, 3.63) is 41.5 Å².